The standard InChI is InChI=1S/C15H17FN4O/c16-13-9-17-11-19-15(13)20-7-4-12(5-8-20)10-21-14-3-1-2-6-18-14/h1-3,6,9,11-12H,4-5,7-8,10H2. The van der Waals surface area contributed by atoms with Crippen LogP contribution in [0.15, 0.2) is 36.9 Å². The fourth-order valence-electron chi connectivity index (χ4n) is 2.49. The SMILES string of the molecule is Fc1cncnc1N1CCC(COc2ccccn2)CC1. The third-order valence-electron chi connectivity index (χ3n) is 3.67. The molecule has 2 aromatic rings. The molecule has 2 aromatic heterocycles. The predicted octanol–water partition coefficient (Wildman–Crippen LogP) is 2.31. The molecule has 0 unspecified atom stereocenters. The number of piperidine rings is 1. The smallest absolute Gasteiger partial charge is 0.213 e. The molecule has 1 aliphatic rings. The van der Waals surface area contributed by atoms with Crippen molar-refractivity contribution in [2.24, 2.45) is 5.92 Å². The highest BCUT2D eigenvalue weighted by Crippen LogP contribution is 2.23. The summed E-state index contributed by atoms with van der Waals surface area (Å²) in [5.74, 6) is 1.16. The fourth-order valence-corrected chi connectivity index (χ4v) is 2.49. The zero-order chi connectivity index (χ0) is 14.5. The van der Waals surface area contributed by atoms with Gasteiger partial charge < -0.3 is 9.64 Å². The maximum Gasteiger partial charge on any atom is 0.213 e. The number of nitrogens with zero attached hydrogens (tertiary/aromatic N) is 4. The summed E-state index contributed by atoms with van der Waals surface area (Å²) in [7, 11) is 0. The van der Waals surface area contributed by atoms with Crippen molar-refractivity contribution in [3.63, 3.8) is 0 Å². The molecule has 1 saturated heterocycles. The molecule has 0 N–H and O–H groups in total. The Morgan fingerprint density at radius 1 is 1.24 bits per heavy atom. The summed E-state index contributed by atoms with van der Waals surface area (Å²) in [4.78, 5) is 13.8. The van der Waals surface area contributed by atoms with Crippen molar-refractivity contribution in [3.8, 4) is 5.88 Å². The molecule has 5 nitrogen and oxygen atoms in total. The van der Waals surface area contributed by atoms with Gasteiger partial charge in [-0.05, 0) is 24.8 Å². The molecule has 3 rings (SSSR count). The first kappa shape index (κ1) is 13.7. The molecule has 3 heterocycles. The Bertz CT molecular complexity index is 573. The van der Waals surface area contributed by atoms with Crippen LogP contribution in [0.1, 0.15) is 12.8 Å². The minimum Gasteiger partial charge on any atom is -0.477 e. The fraction of sp³-hybridized carbons (Fsp3) is 0.400. The van der Waals surface area contributed by atoms with Crippen LogP contribution in [0.2, 0.25) is 0 Å². The van der Waals surface area contributed by atoms with Gasteiger partial charge in [0, 0.05) is 25.4 Å². The summed E-state index contributed by atoms with van der Waals surface area (Å²) in [6, 6.07) is 5.62. The number of rotatable bonds is 4. The molecule has 1 fully saturated rings. The van der Waals surface area contributed by atoms with Crippen LogP contribution in [0.25, 0.3) is 0 Å². The van der Waals surface area contributed by atoms with Gasteiger partial charge in [-0.2, -0.15) is 0 Å². The van der Waals surface area contributed by atoms with Gasteiger partial charge >= 0.3 is 0 Å². The van der Waals surface area contributed by atoms with Crippen molar-refractivity contribution in [1.82, 2.24) is 15.0 Å². The Morgan fingerprint density at radius 3 is 2.81 bits per heavy atom. The lowest BCUT2D eigenvalue weighted by Gasteiger charge is -2.32. The van der Waals surface area contributed by atoms with Crippen LogP contribution >= 0.6 is 0 Å². The zero-order valence-electron chi connectivity index (χ0n) is 11.7. The Labute approximate surface area is 122 Å². The molecule has 0 spiro atoms. The molecular formula is C15H17FN4O. The van der Waals surface area contributed by atoms with Crippen molar-refractivity contribution in [3.05, 3.63) is 42.7 Å². The summed E-state index contributed by atoms with van der Waals surface area (Å²) >= 11 is 0. The minimum atomic E-state index is -0.360. The number of aromatic nitrogens is 3. The van der Waals surface area contributed by atoms with Gasteiger partial charge in [0.2, 0.25) is 5.88 Å². The molecule has 21 heavy (non-hydrogen) atoms. The molecular weight excluding hydrogens is 271 g/mol. The van der Waals surface area contributed by atoms with E-state index < -0.39 is 0 Å². The van der Waals surface area contributed by atoms with E-state index >= 15 is 0 Å². The third kappa shape index (κ3) is 3.45. The first-order chi connectivity index (χ1) is 10.3. The first-order valence-electron chi connectivity index (χ1n) is 7.07. The highest BCUT2D eigenvalue weighted by Gasteiger charge is 2.22. The predicted molar refractivity (Wildman–Crippen MR) is 76.7 cm³/mol. The maximum atomic E-state index is 13.6. The Kier molecular flexibility index (Phi) is 4.23. The van der Waals surface area contributed by atoms with E-state index in [1.807, 2.05) is 23.1 Å². The summed E-state index contributed by atoms with van der Waals surface area (Å²) in [5.41, 5.74) is 0. The van der Waals surface area contributed by atoms with Gasteiger partial charge in [0.1, 0.15) is 6.33 Å². The maximum absolute atomic E-state index is 13.6. The number of pyridine rings is 1. The highest BCUT2D eigenvalue weighted by atomic mass is 19.1. The van der Waals surface area contributed by atoms with Gasteiger partial charge in [0.05, 0.1) is 12.8 Å². The van der Waals surface area contributed by atoms with Crippen molar-refractivity contribution in [2.45, 2.75) is 12.8 Å². The van der Waals surface area contributed by atoms with Gasteiger partial charge in [0.15, 0.2) is 11.6 Å². The minimum absolute atomic E-state index is 0.360. The van der Waals surface area contributed by atoms with E-state index in [0.717, 1.165) is 25.9 Å². The number of hydrogen-bond donors (Lipinski definition) is 0. The summed E-state index contributed by atoms with van der Waals surface area (Å²) in [6.07, 6.45) is 6.22. The molecule has 0 bridgehead atoms. The quantitative estimate of drug-likeness (QED) is 0.864. The van der Waals surface area contributed by atoms with Gasteiger partial charge in [-0.25, -0.2) is 19.3 Å². The largest absolute Gasteiger partial charge is 0.477 e. The summed E-state index contributed by atoms with van der Waals surface area (Å²) in [5, 5.41) is 0. The van der Waals surface area contributed by atoms with E-state index in [9.17, 15) is 4.39 Å². The lowest BCUT2D eigenvalue weighted by atomic mass is 9.98. The lowest BCUT2D eigenvalue weighted by Crippen LogP contribution is -2.36. The van der Waals surface area contributed by atoms with E-state index in [1.165, 1.54) is 12.5 Å². The second kappa shape index (κ2) is 6.47. The average Bonchev–Trinajstić information content (AvgIpc) is 2.55. The molecule has 0 aromatic carbocycles. The average molecular weight is 288 g/mol. The van der Waals surface area contributed by atoms with E-state index in [1.54, 1.807) is 6.20 Å². The number of anilines is 1. The van der Waals surface area contributed by atoms with Gasteiger partial charge in [-0.3, -0.25) is 0 Å². The van der Waals surface area contributed by atoms with Crippen LogP contribution in [-0.4, -0.2) is 34.6 Å². The number of hydrogen-bond acceptors (Lipinski definition) is 5. The second-order valence-corrected chi connectivity index (χ2v) is 5.10. The van der Waals surface area contributed by atoms with Crippen LogP contribution in [0, 0.1) is 11.7 Å². The van der Waals surface area contributed by atoms with Crippen molar-refractivity contribution < 1.29 is 9.13 Å². The van der Waals surface area contributed by atoms with E-state index in [2.05, 4.69) is 15.0 Å². The molecule has 6 heteroatoms. The monoisotopic (exact) mass is 288 g/mol. The molecule has 0 atom stereocenters. The van der Waals surface area contributed by atoms with Gasteiger partial charge in [-0.1, -0.05) is 6.07 Å². The van der Waals surface area contributed by atoms with Crippen LogP contribution < -0.4 is 9.64 Å². The zero-order valence-corrected chi connectivity index (χ0v) is 11.7. The van der Waals surface area contributed by atoms with Gasteiger partial charge in [0.25, 0.3) is 0 Å². The Morgan fingerprint density at radius 2 is 2.10 bits per heavy atom. The molecule has 0 amide bonds. The van der Waals surface area contributed by atoms with E-state index in [4.69, 9.17) is 4.74 Å². The second-order valence-electron chi connectivity index (χ2n) is 5.10. The van der Waals surface area contributed by atoms with Crippen LogP contribution in [0.3, 0.4) is 0 Å². The summed E-state index contributed by atoms with van der Waals surface area (Å²) in [6.45, 7) is 2.21. The van der Waals surface area contributed by atoms with E-state index in [0.29, 0.717) is 24.2 Å². The third-order valence-corrected chi connectivity index (χ3v) is 3.67. The van der Waals surface area contributed by atoms with Crippen LogP contribution in [0.5, 0.6) is 5.88 Å². The van der Waals surface area contributed by atoms with E-state index in [-0.39, 0.29) is 5.82 Å². The Balaban J connectivity index is 1.50. The number of halogens is 1. The van der Waals surface area contributed by atoms with Crippen molar-refractivity contribution in [1.29, 1.82) is 0 Å². The highest BCUT2D eigenvalue weighted by molar-refractivity contribution is 5.38. The first-order valence-corrected chi connectivity index (χ1v) is 7.07. The van der Waals surface area contributed by atoms with Crippen molar-refractivity contribution >= 4 is 5.82 Å². The lowest BCUT2D eigenvalue weighted by molar-refractivity contribution is 0.215. The molecule has 0 saturated carbocycles. The molecule has 0 aliphatic carbocycles. The van der Waals surface area contributed by atoms with Crippen molar-refractivity contribution in [2.75, 3.05) is 24.6 Å². The van der Waals surface area contributed by atoms with Crippen LogP contribution in [0.4, 0.5) is 10.2 Å². The topological polar surface area (TPSA) is 51.1 Å². The van der Waals surface area contributed by atoms with Crippen LogP contribution in [-0.2, 0) is 0 Å². The number of ether oxygens (including phenoxy) is 1. The molecule has 110 valence electrons. The summed E-state index contributed by atoms with van der Waals surface area (Å²) < 4.78 is 19.3. The normalized spacial score (nSPS) is 16.0. The van der Waals surface area contributed by atoms with Gasteiger partial charge in [-0.15, -0.1) is 0 Å². The Hall–Kier alpha value is -2.24. The molecule has 0 radical (unpaired) electrons. The molecule has 1 aliphatic heterocycles.